The highest BCUT2D eigenvalue weighted by molar-refractivity contribution is 7.14. The van der Waals surface area contributed by atoms with Crippen LogP contribution in [0.15, 0.2) is 47.8 Å². The quantitative estimate of drug-likeness (QED) is 0.703. The number of aromatic nitrogens is 1. The number of nitrogens with zero attached hydrogens (tertiary/aromatic N) is 1. The maximum absolute atomic E-state index is 12.3. The number of rotatable bonds is 4. The highest BCUT2D eigenvalue weighted by atomic mass is 35.5. The Morgan fingerprint density at radius 2 is 2.00 bits per heavy atom. The number of nitrogens with one attached hydrogen (secondary N) is 2. The zero-order valence-corrected chi connectivity index (χ0v) is 14.4. The molecule has 0 saturated carbocycles. The maximum atomic E-state index is 12.3. The minimum atomic E-state index is -0.297. The number of halogens is 1. The van der Waals surface area contributed by atoms with E-state index in [0.29, 0.717) is 33.0 Å². The van der Waals surface area contributed by atoms with E-state index in [-0.39, 0.29) is 12.7 Å². The van der Waals surface area contributed by atoms with Crippen molar-refractivity contribution in [1.29, 1.82) is 0 Å². The topological polar surface area (TPSA) is 72.5 Å². The first-order chi connectivity index (χ1) is 12.2. The van der Waals surface area contributed by atoms with E-state index in [4.69, 9.17) is 21.1 Å². The van der Waals surface area contributed by atoms with Crippen molar-refractivity contribution in [2.24, 2.45) is 0 Å². The molecular formula is C17H12ClN3O3S. The number of fused-ring (bicyclic) bond motifs is 1. The SMILES string of the molecule is O=C(Nc1ccc2c(c1)OCO2)c1csc(Nc2cccc(Cl)c2)n1. The number of thiazole rings is 1. The van der Waals surface area contributed by atoms with E-state index in [1.165, 1.54) is 11.3 Å². The van der Waals surface area contributed by atoms with Gasteiger partial charge in [0.1, 0.15) is 5.69 Å². The second-order valence-corrected chi connectivity index (χ2v) is 6.49. The molecule has 6 nitrogen and oxygen atoms in total. The normalized spacial score (nSPS) is 12.0. The van der Waals surface area contributed by atoms with E-state index in [1.807, 2.05) is 12.1 Å². The van der Waals surface area contributed by atoms with E-state index in [0.717, 1.165) is 5.69 Å². The number of anilines is 3. The van der Waals surface area contributed by atoms with Crippen LogP contribution >= 0.6 is 22.9 Å². The summed E-state index contributed by atoms with van der Waals surface area (Å²) in [6.45, 7) is 0.192. The summed E-state index contributed by atoms with van der Waals surface area (Å²) in [5, 5.41) is 8.85. The molecule has 0 radical (unpaired) electrons. The van der Waals surface area contributed by atoms with Gasteiger partial charge in [-0.15, -0.1) is 11.3 Å². The van der Waals surface area contributed by atoms with Crippen molar-refractivity contribution < 1.29 is 14.3 Å². The lowest BCUT2D eigenvalue weighted by Crippen LogP contribution is -2.12. The zero-order chi connectivity index (χ0) is 17.2. The summed E-state index contributed by atoms with van der Waals surface area (Å²) in [7, 11) is 0. The van der Waals surface area contributed by atoms with Crippen LogP contribution in [-0.4, -0.2) is 17.7 Å². The molecule has 0 spiro atoms. The van der Waals surface area contributed by atoms with Gasteiger partial charge in [0.15, 0.2) is 16.6 Å². The third kappa shape index (κ3) is 3.52. The van der Waals surface area contributed by atoms with Gasteiger partial charge in [0.2, 0.25) is 6.79 Å². The van der Waals surface area contributed by atoms with Crippen LogP contribution in [0.4, 0.5) is 16.5 Å². The average Bonchev–Trinajstić information content (AvgIpc) is 3.23. The fourth-order valence-corrected chi connectivity index (χ4v) is 3.20. The van der Waals surface area contributed by atoms with Gasteiger partial charge in [0.25, 0.3) is 5.91 Å². The van der Waals surface area contributed by atoms with Crippen LogP contribution in [0, 0.1) is 0 Å². The summed E-state index contributed by atoms with van der Waals surface area (Å²) >= 11 is 7.30. The number of benzene rings is 2. The predicted molar refractivity (Wildman–Crippen MR) is 97.4 cm³/mol. The third-order valence-electron chi connectivity index (χ3n) is 3.44. The van der Waals surface area contributed by atoms with Crippen LogP contribution < -0.4 is 20.1 Å². The van der Waals surface area contributed by atoms with Crippen molar-refractivity contribution in [3.63, 3.8) is 0 Å². The van der Waals surface area contributed by atoms with E-state index in [1.54, 1.807) is 35.7 Å². The number of carbonyl (C=O) groups excluding carboxylic acids is 1. The highest BCUT2D eigenvalue weighted by Crippen LogP contribution is 2.34. The second kappa shape index (κ2) is 6.62. The van der Waals surface area contributed by atoms with Gasteiger partial charge in [-0.3, -0.25) is 4.79 Å². The van der Waals surface area contributed by atoms with Crippen molar-refractivity contribution >= 4 is 45.4 Å². The van der Waals surface area contributed by atoms with Gasteiger partial charge in [-0.05, 0) is 30.3 Å². The fourth-order valence-electron chi connectivity index (χ4n) is 2.29. The van der Waals surface area contributed by atoms with E-state index < -0.39 is 0 Å². The minimum Gasteiger partial charge on any atom is -0.454 e. The number of carbonyl (C=O) groups is 1. The first-order valence-corrected chi connectivity index (χ1v) is 8.62. The molecule has 0 fully saturated rings. The summed E-state index contributed by atoms with van der Waals surface area (Å²) in [4.78, 5) is 16.6. The molecule has 0 saturated heterocycles. The average molecular weight is 374 g/mol. The Labute approximate surface area is 152 Å². The summed E-state index contributed by atoms with van der Waals surface area (Å²) in [5.41, 5.74) is 1.75. The fraction of sp³-hybridized carbons (Fsp3) is 0.0588. The molecule has 1 aliphatic rings. The van der Waals surface area contributed by atoms with Crippen molar-refractivity contribution in [1.82, 2.24) is 4.98 Å². The Balaban J connectivity index is 1.45. The van der Waals surface area contributed by atoms with Gasteiger partial charge in [0, 0.05) is 27.8 Å². The second-order valence-electron chi connectivity index (χ2n) is 5.20. The Morgan fingerprint density at radius 3 is 2.88 bits per heavy atom. The maximum Gasteiger partial charge on any atom is 0.275 e. The van der Waals surface area contributed by atoms with Gasteiger partial charge in [-0.1, -0.05) is 17.7 Å². The molecule has 0 aliphatic carbocycles. The largest absolute Gasteiger partial charge is 0.454 e. The lowest BCUT2D eigenvalue weighted by atomic mass is 10.2. The number of hydrogen-bond acceptors (Lipinski definition) is 6. The van der Waals surface area contributed by atoms with Crippen molar-refractivity contribution in [2.45, 2.75) is 0 Å². The Hall–Kier alpha value is -2.77. The molecule has 2 heterocycles. The molecule has 1 amide bonds. The number of ether oxygens (including phenoxy) is 2. The van der Waals surface area contributed by atoms with E-state index >= 15 is 0 Å². The van der Waals surface area contributed by atoms with E-state index in [9.17, 15) is 4.79 Å². The summed E-state index contributed by atoms with van der Waals surface area (Å²) in [6.07, 6.45) is 0. The van der Waals surface area contributed by atoms with Crippen LogP contribution in [-0.2, 0) is 0 Å². The van der Waals surface area contributed by atoms with Crippen molar-refractivity contribution in [3.05, 3.63) is 58.6 Å². The molecule has 1 aliphatic heterocycles. The molecule has 0 atom stereocenters. The molecule has 2 aromatic carbocycles. The predicted octanol–water partition coefficient (Wildman–Crippen LogP) is 4.52. The van der Waals surface area contributed by atoms with Crippen LogP contribution in [0.5, 0.6) is 11.5 Å². The van der Waals surface area contributed by atoms with Gasteiger partial charge in [-0.2, -0.15) is 0 Å². The number of amides is 1. The first-order valence-electron chi connectivity index (χ1n) is 7.36. The molecular weight excluding hydrogens is 362 g/mol. The molecule has 4 rings (SSSR count). The Bertz CT molecular complexity index is 944. The zero-order valence-electron chi connectivity index (χ0n) is 12.8. The standard InChI is InChI=1S/C17H12ClN3O3S/c18-10-2-1-3-11(6-10)20-17-21-13(8-25-17)16(22)19-12-4-5-14-15(7-12)24-9-23-14/h1-8H,9H2,(H,19,22)(H,20,21). The molecule has 126 valence electrons. The van der Waals surface area contributed by atoms with Crippen molar-refractivity contribution in [3.8, 4) is 11.5 Å². The summed E-state index contributed by atoms with van der Waals surface area (Å²) in [6, 6.07) is 12.5. The van der Waals surface area contributed by atoms with Crippen LogP contribution in [0.1, 0.15) is 10.5 Å². The van der Waals surface area contributed by atoms with Gasteiger partial charge < -0.3 is 20.1 Å². The lowest BCUT2D eigenvalue weighted by molar-refractivity contribution is 0.102. The Kier molecular flexibility index (Phi) is 4.17. The molecule has 8 heteroatoms. The molecule has 1 aromatic heterocycles. The van der Waals surface area contributed by atoms with Crippen LogP contribution in [0.2, 0.25) is 5.02 Å². The Morgan fingerprint density at radius 1 is 1.12 bits per heavy atom. The molecule has 0 unspecified atom stereocenters. The molecule has 3 aromatic rings. The first kappa shape index (κ1) is 15.7. The highest BCUT2D eigenvalue weighted by Gasteiger charge is 2.16. The number of hydrogen-bond donors (Lipinski definition) is 2. The van der Waals surface area contributed by atoms with Gasteiger partial charge in [0.05, 0.1) is 0 Å². The van der Waals surface area contributed by atoms with Gasteiger partial charge in [-0.25, -0.2) is 4.98 Å². The molecule has 2 N–H and O–H groups in total. The monoisotopic (exact) mass is 373 g/mol. The summed E-state index contributed by atoms with van der Waals surface area (Å²) in [5.74, 6) is 0.980. The van der Waals surface area contributed by atoms with Crippen LogP contribution in [0.25, 0.3) is 0 Å². The summed E-state index contributed by atoms with van der Waals surface area (Å²) < 4.78 is 10.5. The van der Waals surface area contributed by atoms with Crippen molar-refractivity contribution in [2.75, 3.05) is 17.4 Å². The third-order valence-corrected chi connectivity index (χ3v) is 4.44. The van der Waals surface area contributed by atoms with Gasteiger partial charge >= 0.3 is 0 Å². The van der Waals surface area contributed by atoms with Crippen LogP contribution in [0.3, 0.4) is 0 Å². The lowest BCUT2D eigenvalue weighted by Gasteiger charge is -2.04. The van der Waals surface area contributed by atoms with E-state index in [2.05, 4.69) is 15.6 Å². The smallest absolute Gasteiger partial charge is 0.275 e. The molecule has 0 bridgehead atoms. The molecule has 25 heavy (non-hydrogen) atoms. The minimum absolute atomic E-state index is 0.192.